The molecule has 0 aliphatic carbocycles. The third-order valence-corrected chi connectivity index (χ3v) is 2.20. The Morgan fingerprint density at radius 2 is 2.00 bits per heavy atom. The van der Waals surface area contributed by atoms with Gasteiger partial charge >= 0.3 is 5.97 Å². The Morgan fingerprint density at radius 1 is 1.33 bits per heavy atom. The van der Waals surface area contributed by atoms with Crippen LogP contribution in [0.1, 0.15) is 13.3 Å². The normalized spacial score (nSPS) is 10.2. The fraction of sp³-hybridized carbons (Fsp3) is 0.444. The predicted molar refractivity (Wildman–Crippen MR) is 57.5 cm³/mol. The lowest BCUT2D eigenvalue weighted by Crippen LogP contribution is -2.22. The summed E-state index contributed by atoms with van der Waals surface area (Å²) < 4.78 is 0. The average Bonchev–Trinajstić information content (AvgIpc) is 2.13. The number of thioether (sulfide) groups is 1. The van der Waals surface area contributed by atoms with Crippen molar-refractivity contribution in [3.63, 3.8) is 0 Å². The average molecular weight is 231 g/mol. The van der Waals surface area contributed by atoms with E-state index in [1.165, 1.54) is 18.7 Å². The van der Waals surface area contributed by atoms with E-state index in [0.29, 0.717) is 18.7 Å². The third-order valence-electron chi connectivity index (χ3n) is 1.30. The summed E-state index contributed by atoms with van der Waals surface area (Å²) in [6.07, 6.45) is 2.41. The molecule has 0 aliphatic rings. The lowest BCUT2D eigenvalue weighted by atomic mass is 10.4. The van der Waals surface area contributed by atoms with Gasteiger partial charge in [-0.2, -0.15) is 0 Å². The monoisotopic (exact) mass is 231 g/mol. The van der Waals surface area contributed by atoms with Crippen LogP contribution in [0.25, 0.3) is 0 Å². The smallest absolute Gasteiger partial charge is 0.328 e. The van der Waals surface area contributed by atoms with Crippen LogP contribution in [0.3, 0.4) is 0 Å². The number of carboxylic acids is 1. The minimum atomic E-state index is -1.16. The molecule has 5 nitrogen and oxygen atoms in total. The summed E-state index contributed by atoms with van der Waals surface area (Å²) in [6.45, 7) is 1.92. The first-order valence-electron chi connectivity index (χ1n) is 4.34. The number of carbonyl (C=O) groups excluding carboxylic acids is 2. The number of nitrogens with one attached hydrogen (secondary N) is 1. The van der Waals surface area contributed by atoms with Crippen molar-refractivity contribution in [2.24, 2.45) is 0 Å². The van der Waals surface area contributed by atoms with Crippen molar-refractivity contribution in [3.8, 4) is 0 Å². The van der Waals surface area contributed by atoms with Crippen LogP contribution in [0.5, 0.6) is 0 Å². The molecule has 84 valence electrons. The van der Waals surface area contributed by atoms with Crippen molar-refractivity contribution in [1.29, 1.82) is 0 Å². The summed E-state index contributed by atoms with van der Waals surface area (Å²) in [5.41, 5.74) is 0. The molecule has 0 aromatic heterocycles. The third kappa shape index (κ3) is 10.6. The molecule has 1 amide bonds. The lowest BCUT2D eigenvalue weighted by Gasteiger charge is -2.00. The van der Waals surface area contributed by atoms with Crippen molar-refractivity contribution < 1.29 is 19.5 Å². The minimum Gasteiger partial charge on any atom is -0.478 e. The number of amides is 1. The zero-order valence-corrected chi connectivity index (χ0v) is 9.17. The van der Waals surface area contributed by atoms with E-state index >= 15 is 0 Å². The van der Waals surface area contributed by atoms with Crippen LogP contribution in [-0.2, 0) is 14.4 Å². The summed E-state index contributed by atoms with van der Waals surface area (Å²) in [6, 6.07) is 0. The van der Waals surface area contributed by atoms with Gasteiger partial charge in [0.2, 0.25) is 5.91 Å². The molecule has 0 spiro atoms. The molecule has 0 aliphatic heterocycles. The molecule has 0 rings (SSSR count). The molecule has 0 unspecified atom stereocenters. The van der Waals surface area contributed by atoms with Gasteiger partial charge in [0.05, 0.1) is 0 Å². The Balaban J connectivity index is 3.47. The van der Waals surface area contributed by atoms with E-state index in [2.05, 4.69) is 5.32 Å². The van der Waals surface area contributed by atoms with Crippen LogP contribution in [0.15, 0.2) is 12.2 Å². The van der Waals surface area contributed by atoms with Gasteiger partial charge in [-0.25, -0.2) is 4.79 Å². The number of hydrogen-bond donors (Lipinski definition) is 2. The van der Waals surface area contributed by atoms with Gasteiger partial charge in [-0.15, -0.1) is 0 Å². The van der Waals surface area contributed by atoms with E-state index in [1.807, 2.05) is 0 Å². The molecule has 0 atom stereocenters. The summed E-state index contributed by atoms with van der Waals surface area (Å²) in [5, 5.41) is 10.8. The van der Waals surface area contributed by atoms with Gasteiger partial charge < -0.3 is 10.4 Å². The number of carbonyl (C=O) groups is 3. The standard InChI is InChI=1S/C9H13NO4S/c1-7(11)15-6-2-5-10-8(12)3-4-9(13)14/h3-4H,2,5-6H2,1H3,(H,10,12)(H,13,14)/b4-3+. The molecule has 0 fully saturated rings. The molecule has 0 aromatic carbocycles. The van der Waals surface area contributed by atoms with Gasteiger partial charge in [0, 0.05) is 31.4 Å². The van der Waals surface area contributed by atoms with Gasteiger partial charge in [0.1, 0.15) is 0 Å². The van der Waals surface area contributed by atoms with Crippen LogP contribution < -0.4 is 5.32 Å². The molecule has 0 aromatic rings. The second-order valence-corrected chi connectivity index (χ2v) is 3.93. The van der Waals surface area contributed by atoms with E-state index in [9.17, 15) is 14.4 Å². The summed E-state index contributed by atoms with van der Waals surface area (Å²) in [4.78, 5) is 31.5. The van der Waals surface area contributed by atoms with Crippen molar-refractivity contribution in [2.75, 3.05) is 12.3 Å². The molecule has 0 heterocycles. The van der Waals surface area contributed by atoms with Crippen molar-refractivity contribution in [2.45, 2.75) is 13.3 Å². The highest BCUT2D eigenvalue weighted by Gasteiger charge is 1.97. The fourth-order valence-corrected chi connectivity index (χ4v) is 1.28. The zero-order valence-electron chi connectivity index (χ0n) is 8.36. The summed E-state index contributed by atoms with van der Waals surface area (Å²) in [5.74, 6) is -0.944. The highest BCUT2D eigenvalue weighted by Crippen LogP contribution is 2.01. The second kappa shape index (κ2) is 8.05. The van der Waals surface area contributed by atoms with Crippen molar-refractivity contribution in [3.05, 3.63) is 12.2 Å². The SMILES string of the molecule is CC(=O)SCCCNC(=O)/C=C/C(=O)O. The lowest BCUT2D eigenvalue weighted by molar-refractivity contribution is -0.131. The first kappa shape index (κ1) is 13.7. The number of carboxylic acid groups (broad SMARTS) is 1. The van der Waals surface area contributed by atoms with Crippen LogP contribution in [0.2, 0.25) is 0 Å². The Labute approximate surface area is 91.9 Å². The van der Waals surface area contributed by atoms with Gasteiger partial charge in [-0.3, -0.25) is 9.59 Å². The van der Waals surface area contributed by atoms with Crippen LogP contribution >= 0.6 is 11.8 Å². The molecular weight excluding hydrogens is 218 g/mol. The van der Waals surface area contributed by atoms with Crippen LogP contribution in [-0.4, -0.2) is 34.4 Å². The highest BCUT2D eigenvalue weighted by atomic mass is 32.2. The van der Waals surface area contributed by atoms with E-state index in [4.69, 9.17) is 5.11 Å². The molecule has 0 radical (unpaired) electrons. The Kier molecular flexibility index (Phi) is 7.35. The van der Waals surface area contributed by atoms with Gasteiger partial charge in [-0.05, 0) is 6.42 Å². The minimum absolute atomic E-state index is 0.0482. The molecule has 2 N–H and O–H groups in total. The Hall–Kier alpha value is -1.30. The van der Waals surface area contributed by atoms with E-state index < -0.39 is 11.9 Å². The maximum Gasteiger partial charge on any atom is 0.328 e. The van der Waals surface area contributed by atoms with Gasteiger partial charge in [0.15, 0.2) is 5.12 Å². The summed E-state index contributed by atoms with van der Waals surface area (Å²) in [7, 11) is 0. The summed E-state index contributed by atoms with van der Waals surface area (Å²) >= 11 is 1.20. The fourth-order valence-electron chi connectivity index (χ4n) is 0.706. The van der Waals surface area contributed by atoms with Crippen molar-refractivity contribution >= 4 is 28.8 Å². The van der Waals surface area contributed by atoms with Crippen LogP contribution in [0, 0.1) is 0 Å². The number of hydrogen-bond acceptors (Lipinski definition) is 4. The van der Waals surface area contributed by atoms with E-state index in [0.717, 1.165) is 12.2 Å². The highest BCUT2D eigenvalue weighted by molar-refractivity contribution is 8.13. The van der Waals surface area contributed by atoms with E-state index in [1.54, 1.807) is 0 Å². The second-order valence-electron chi connectivity index (χ2n) is 2.66. The first-order valence-corrected chi connectivity index (χ1v) is 5.33. The van der Waals surface area contributed by atoms with Crippen molar-refractivity contribution in [1.82, 2.24) is 5.32 Å². The van der Waals surface area contributed by atoms with Gasteiger partial charge in [0.25, 0.3) is 0 Å². The molecule has 15 heavy (non-hydrogen) atoms. The van der Waals surface area contributed by atoms with E-state index in [-0.39, 0.29) is 5.12 Å². The number of aliphatic carboxylic acids is 1. The maximum absolute atomic E-state index is 10.9. The van der Waals surface area contributed by atoms with Gasteiger partial charge in [-0.1, -0.05) is 11.8 Å². The first-order chi connectivity index (χ1) is 7.02. The Bertz CT molecular complexity index is 275. The van der Waals surface area contributed by atoms with Crippen LogP contribution in [0.4, 0.5) is 0 Å². The quantitative estimate of drug-likeness (QED) is 0.511. The molecular formula is C9H13NO4S. The molecule has 6 heteroatoms. The molecule has 0 saturated carbocycles. The number of rotatable bonds is 6. The zero-order chi connectivity index (χ0) is 11.7. The Morgan fingerprint density at radius 3 is 2.53 bits per heavy atom. The predicted octanol–water partition coefficient (Wildman–Crippen LogP) is 0.413. The molecule has 0 bridgehead atoms. The topological polar surface area (TPSA) is 83.5 Å². The largest absolute Gasteiger partial charge is 0.478 e. The maximum atomic E-state index is 10.9. The molecule has 0 saturated heterocycles.